The number of aromatic nitrogens is 1. The monoisotopic (exact) mass is 463 g/mol. The Hall–Kier alpha value is -2.48. The van der Waals surface area contributed by atoms with Crippen molar-refractivity contribution in [1.29, 1.82) is 0 Å². The highest BCUT2D eigenvalue weighted by molar-refractivity contribution is 7.13. The van der Waals surface area contributed by atoms with Crippen LogP contribution in [-0.2, 0) is 27.3 Å². The van der Waals surface area contributed by atoms with Gasteiger partial charge in [-0.15, -0.1) is 11.3 Å². The fourth-order valence-corrected chi connectivity index (χ4v) is 4.00. The zero-order valence-electron chi connectivity index (χ0n) is 17.5. The van der Waals surface area contributed by atoms with Gasteiger partial charge in [0.05, 0.1) is 17.8 Å². The van der Waals surface area contributed by atoms with Crippen LogP contribution < -0.4 is 4.74 Å². The Morgan fingerprint density at radius 1 is 1.26 bits per heavy atom. The number of rotatable bonds is 9. The Kier molecular flexibility index (Phi) is 8.01. The topological polar surface area (TPSA) is 57.7 Å². The molecule has 3 aromatic rings. The maximum Gasteiger partial charge on any atom is 0.335 e. The molecule has 0 unspecified atom stereocenters. The third-order valence-electron chi connectivity index (χ3n) is 4.66. The normalized spacial score (nSPS) is 11.9. The quantitative estimate of drug-likeness (QED) is 0.386. The lowest BCUT2D eigenvalue weighted by molar-refractivity contribution is -0.153. The molecule has 0 bridgehead atoms. The van der Waals surface area contributed by atoms with Crippen LogP contribution in [0.25, 0.3) is 10.6 Å². The zero-order valence-corrected chi connectivity index (χ0v) is 19.1. The van der Waals surface area contributed by atoms with Crippen LogP contribution >= 0.6 is 22.9 Å². The van der Waals surface area contributed by atoms with Gasteiger partial charge in [-0.1, -0.05) is 17.7 Å². The minimum atomic E-state index is -0.631. The lowest BCUT2D eigenvalue weighted by Gasteiger charge is -2.16. The number of hydrogen-bond donors (Lipinski definition) is 0. The van der Waals surface area contributed by atoms with E-state index in [9.17, 15) is 9.18 Å². The molecule has 0 saturated carbocycles. The molecule has 0 aliphatic rings. The second kappa shape index (κ2) is 10.7. The van der Waals surface area contributed by atoms with Crippen molar-refractivity contribution in [1.82, 2.24) is 4.98 Å². The van der Waals surface area contributed by atoms with Crippen molar-refractivity contribution >= 4 is 28.9 Å². The van der Waals surface area contributed by atoms with E-state index in [1.807, 2.05) is 37.4 Å². The minimum Gasteiger partial charge on any atom is -0.487 e. The molecule has 0 aliphatic heterocycles. The third kappa shape index (κ3) is 6.03. The first-order chi connectivity index (χ1) is 14.9. The highest BCUT2D eigenvalue weighted by atomic mass is 35.5. The third-order valence-corrected chi connectivity index (χ3v) is 5.89. The Morgan fingerprint density at radius 2 is 2.06 bits per heavy atom. The van der Waals surface area contributed by atoms with Gasteiger partial charge in [0.2, 0.25) is 0 Å². The Bertz CT molecular complexity index is 1060. The van der Waals surface area contributed by atoms with Gasteiger partial charge in [-0.2, -0.15) is 0 Å². The number of hydrogen-bond acceptors (Lipinski definition) is 6. The number of halogens is 2. The van der Waals surface area contributed by atoms with E-state index in [2.05, 4.69) is 4.98 Å². The summed E-state index contributed by atoms with van der Waals surface area (Å²) in [5, 5.41) is 2.72. The highest BCUT2D eigenvalue weighted by Gasteiger charge is 2.20. The molecule has 1 aromatic heterocycles. The fourth-order valence-electron chi connectivity index (χ4n) is 3.02. The largest absolute Gasteiger partial charge is 0.487 e. The molecule has 0 aliphatic carbocycles. The average molecular weight is 464 g/mol. The minimum absolute atomic E-state index is 0.0693. The summed E-state index contributed by atoms with van der Waals surface area (Å²) < 4.78 is 29.5. The van der Waals surface area contributed by atoms with Crippen LogP contribution in [-0.4, -0.2) is 30.8 Å². The number of carbonyl (C=O) groups excluding carboxylic acids is 1. The summed E-state index contributed by atoms with van der Waals surface area (Å²) in [7, 11) is 1.35. The van der Waals surface area contributed by atoms with E-state index in [1.54, 1.807) is 12.1 Å². The molecule has 0 N–H and O–H groups in total. The van der Waals surface area contributed by atoms with Gasteiger partial charge >= 0.3 is 5.97 Å². The number of esters is 1. The van der Waals surface area contributed by atoms with Crippen LogP contribution in [0.15, 0.2) is 41.8 Å². The maximum atomic E-state index is 13.4. The molecular weight excluding hydrogens is 441 g/mol. The second-order valence-electron chi connectivity index (χ2n) is 6.82. The van der Waals surface area contributed by atoms with E-state index < -0.39 is 11.9 Å². The second-order valence-corrected chi connectivity index (χ2v) is 8.09. The number of carbonyl (C=O) groups is 1. The molecule has 8 heteroatoms. The summed E-state index contributed by atoms with van der Waals surface area (Å²) in [6, 6.07) is 10.2. The predicted molar refractivity (Wildman–Crippen MR) is 119 cm³/mol. The van der Waals surface area contributed by atoms with Gasteiger partial charge in [0.15, 0.2) is 6.10 Å². The van der Waals surface area contributed by atoms with E-state index in [1.165, 1.54) is 24.5 Å². The summed E-state index contributed by atoms with van der Waals surface area (Å²) in [6.45, 7) is 4.53. The van der Waals surface area contributed by atoms with Gasteiger partial charge in [0, 0.05) is 24.0 Å². The van der Waals surface area contributed by atoms with Crippen molar-refractivity contribution in [2.45, 2.75) is 33.0 Å². The first kappa shape index (κ1) is 23.2. The van der Waals surface area contributed by atoms with Crippen molar-refractivity contribution < 1.29 is 23.4 Å². The summed E-state index contributed by atoms with van der Waals surface area (Å²) in [4.78, 5) is 16.4. The van der Waals surface area contributed by atoms with E-state index in [0.717, 1.165) is 27.4 Å². The first-order valence-electron chi connectivity index (χ1n) is 9.72. The molecule has 1 heterocycles. The Morgan fingerprint density at radius 3 is 2.74 bits per heavy atom. The van der Waals surface area contributed by atoms with Crippen molar-refractivity contribution in [2.75, 3.05) is 13.7 Å². The van der Waals surface area contributed by atoms with Crippen LogP contribution in [0.2, 0.25) is 5.02 Å². The van der Waals surface area contributed by atoms with Gasteiger partial charge < -0.3 is 14.2 Å². The molecule has 1 atom stereocenters. The van der Waals surface area contributed by atoms with Crippen molar-refractivity contribution in [3.05, 3.63) is 69.4 Å². The highest BCUT2D eigenvalue weighted by Crippen LogP contribution is 2.28. The van der Waals surface area contributed by atoms with Gasteiger partial charge in [-0.05, 0) is 55.3 Å². The van der Waals surface area contributed by atoms with Crippen LogP contribution in [0.1, 0.15) is 23.7 Å². The average Bonchev–Trinajstić information content (AvgIpc) is 3.24. The number of methoxy groups -OCH3 is 1. The summed E-state index contributed by atoms with van der Waals surface area (Å²) in [6.07, 6.45) is -0.198. The molecule has 164 valence electrons. The Labute approximate surface area is 189 Å². The number of aryl methyl sites for hydroxylation is 1. The van der Waals surface area contributed by atoms with E-state index in [0.29, 0.717) is 25.4 Å². The Balaban J connectivity index is 1.63. The molecule has 5 nitrogen and oxygen atoms in total. The van der Waals surface area contributed by atoms with Crippen molar-refractivity contribution in [2.24, 2.45) is 0 Å². The maximum absolute atomic E-state index is 13.4. The lowest BCUT2D eigenvalue weighted by atomic mass is 10.0. The number of nitrogens with zero attached hydrogens (tertiary/aromatic N) is 1. The van der Waals surface area contributed by atoms with Crippen LogP contribution in [0.4, 0.5) is 4.39 Å². The first-order valence-corrected chi connectivity index (χ1v) is 11.0. The van der Waals surface area contributed by atoms with Gasteiger partial charge in [-0.25, -0.2) is 14.2 Å². The van der Waals surface area contributed by atoms with Gasteiger partial charge in [-0.3, -0.25) is 0 Å². The fraction of sp³-hybridized carbons (Fsp3) is 0.304. The van der Waals surface area contributed by atoms with E-state index in [-0.39, 0.29) is 11.0 Å². The molecule has 0 fully saturated rings. The molecule has 0 amide bonds. The molecular formula is C23H23ClFNO4S. The summed E-state index contributed by atoms with van der Waals surface area (Å²) >= 11 is 7.30. The van der Waals surface area contributed by atoms with E-state index in [4.69, 9.17) is 25.8 Å². The molecule has 2 aromatic carbocycles. The standard InChI is InChI=1S/C23H23ClFNO4S/c1-4-29-21(23(27)28-3)11-15-5-7-18(9-14(15)2)30-12-17-13-31-22(26-17)16-6-8-20(25)19(24)10-16/h5-10,13,21H,4,11-12H2,1-3H3/t21-/m0/s1. The van der Waals surface area contributed by atoms with Crippen LogP contribution in [0, 0.1) is 12.7 Å². The number of benzene rings is 2. The molecule has 0 saturated heterocycles. The number of thiazole rings is 1. The summed E-state index contributed by atoms with van der Waals surface area (Å²) in [5.74, 6) is -0.140. The smallest absolute Gasteiger partial charge is 0.335 e. The number of ether oxygens (including phenoxy) is 3. The van der Waals surface area contributed by atoms with Crippen LogP contribution in [0.5, 0.6) is 5.75 Å². The SMILES string of the molecule is CCO[C@@H](Cc1ccc(OCc2csc(-c3ccc(F)c(Cl)c3)n2)cc1C)C(=O)OC. The van der Waals surface area contributed by atoms with Gasteiger partial charge in [0.1, 0.15) is 23.2 Å². The molecule has 31 heavy (non-hydrogen) atoms. The molecule has 0 spiro atoms. The molecule has 0 radical (unpaired) electrons. The lowest BCUT2D eigenvalue weighted by Crippen LogP contribution is -2.28. The predicted octanol–water partition coefficient (Wildman–Crippen LogP) is 5.61. The van der Waals surface area contributed by atoms with Crippen molar-refractivity contribution in [3.63, 3.8) is 0 Å². The zero-order chi connectivity index (χ0) is 22.4. The summed E-state index contributed by atoms with van der Waals surface area (Å²) in [5.41, 5.74) is 3.51. The van der Waals surface area contributed by atoms with Gasteiger partial charge in [0.25, 0.3) is 0 Å². The van der Waals surface area contributed by atoms with E-state index >= 15 is 0 Å². The molecule has 3 rings (SSSR count). The van der Waals surface area contributed by atoms with Crippen LogP contribution in [0.3, 0.4) is 0 Å². The van der Waals surface area contributed by atoms with Crippen molar-refractivity contribution in [3.8, 4) is 16.3 Å².